The summed E-state index contributed by atoms with van der Waals surface area (Å²) in [7, 11) is 0. The number of carbonyl (C=O) groups is 2. The van der Waals surface area contributed by atoms with E-state index >= 15 is 0 Å². The molecule has 2 aromatic rings. The molecule has 1 aromatic carbocycles. The highest BCUT2D eigenvalue weighted by atomic mass is 16.5. The zero-order valence-electron chi connectivity index (χ0n) is 13.9. The molecule has 0 radical (unpaired) electrons. The fraction of sp³-hybridized carbons (Fsp3) is 0.389. The van der Waals surface area contributed by atoms with E-state index in [0.29, 0.717) is 37.5 Å². The minimum Gasteiger partial charge on any atom is -0.361 e. The van der Waals surface area contributed by atoms with Crippen molar-refractivity contribution in [3.8, 4) is 0 Å². The van der Waals surface area contributed by atoms with Crippen LogP contribution in [0.25, 0.3) is 0 Å². The number of carbonyl (C=O) groups excluding carboxylic acids is 2. The summed E-state index contributed by atoms with van der Waals surface area (Å²) in [5.74, 6) is 0.560. The normalized spacial score (nSPS) is 17.8. The van der Waals surface area contributed by atoms with Crippen LogP contribution in [0.5, 0.6) is 0 Å². The van der Waals surface area contributed by atoms with Gasteiger partial charge in [-0.15, -0.1) is 0 Å². The summed E-state index contributed by atoms with van der Waals surface area (Å²) >= 11 is 0. The van der Waals surface area contributed by atoms with Crippen LogP contribution in [0.4, 0.5) is 0 Å². The van der Waals surface area contributed by atoms with Gasteiger partial charge in [-0.05, 0) is 5.56 Å². The van der Waals surface area contributed by atoms with Gasteiger partial charge in [0.2, 0.25) is 5.91 Å². The minimum atomic E-state index is -0.182. The van der Waals surface area contributed by atoms with E-state index in [1.54, 1.807) is 22.8 Å². The van der Waals surface area contributed by atoms with Gasteiger partial charge in [0.15, 0.2) is 5.69 Å². The van der Waals surface area contributed by atoms with E-state index in [-0.39, 0.29) is 17.9 Å². The maximum Gasteiger partial charge on any atom is 0.276 e. The molecule has 2 heterocycles. The average molecular weight is 327 g/mol. The van der Waals surface area contributed by atoms with Crippen LogP contribution in [0.3, 0.4) is 0 Å². The van der Waals surface area contributed by atoms with Crippen molar-refractivity contribution in [2.24, 2.45) is 0 Å². The van der Waals surface area contributed by atoms with Crippen molar-refractivity contribution in [3.63, 3.8) is 0 Å². The van der Waals surface area contributed by atoms with Crippen LogP contribution >= 0.6 is 0 Å². The van der Waals surface area contributed by atoms with Crippen LogP contribution in [0.15, 0.2) is 40.9 Å². The molecule has 6 nitrogen and oxygen atoms in total. The molecule has 0 unspecified atom stereocenters. The van der Waals surface area contributed by atoms with Crippen LogP contribution in [0.1, 0.15) is 41.7 Å². The van der Waals surface area contributed by atoms with E-state index in [4.69, 9.17) is 4.52 Å². The Kier molecular flexibility index (Phi) is 4.64. The van der Waals surface area contributed by atoms with E-state index in [1.165, 1.54) is 0 Å². The van der Waals surface area contributed by atoms with E-state index in [1.807, 2.05) is 37.3 Å². The van der Waals surface area contributed by atoms with Gasteiger partial charge < -0.3 is 14.3 Å². The second-order valence-electron chi connectivity index (χ2n) is 5.92. The van der Waals surface area contributed by atoms with E-state index in [2.05, 4.69) is 5.16 Å². The third-order valence-electron chi connectivity index (χ3n) is 4.40. The van der Waals surface area contributed by atoms with Crippen molar-refractivity contribution >= 4 is 11.8 Å². The monoisotopic (exact) mass is 327 g/mol. The number of rotatable bonds is 3. The second-order valence-corrected chi connectivity index (χ2v) is 5.92. The van der Waals surface area contributed by atoms with Gasteiger partial charge in [-0.2, -0.15) is 0 Å². The van der Waals surface area contributed by atoms with E-state index in [0.717, 1.165) is 5.56 Å². The van der Waals surface area contributed by atoms with Crippen molar-refractivity contribution in [1.82, 2.24) is 15.0 Å². The fourth-order valence-corrected chi connectivity index (χ4v) is 3.00. The van der Waals surface area contributed by atoms with Crippen LogP contribution in [-0.4, -0.2) is 46.4 Å². The summed E-state index contributed by atoms with van der Waals surface area (Å²) < 4.78 is 5.16. The number of hydrogen-bond donors (Lipinski definition) is 0. The Hall–Kier alpha value is -2.63. The number of hydrogen-bond acceptors (Lipinski definition) is 4. The predicted molar refractivity (Wildman–Crippen MR) is 88.4 cm³/mol. The van der Waals surface area contributed by atoms with Crippen molar-refractivity contribution < 1.29 is 14.1 Å². The first kappa shape index (κ1) is 16.2. The van der Waals surface area contributed by atoms with Crippen molar-refractivity contribution in [2.75, 3.05) is 19.6 Å². The Morgan fingerprint density at radius 1 is 1.25 bits per heavy atom. The van der Waals surface area contributed by atoms with Crippen LogP contribution < -0.4 is 0 Å². The summed E-state index contributed by atoms with van der Waals surface area (Å²) in [5.41, 5.74) is 1.33. The number of benzene rings is 1. The highest BCUT2D eigenvalue weighted by Gasteiger charge is 2.34. The SMILES string of the molecule is CCc1cc(C(=O)N2CCN(C(C)=O)C[C@@H]2c2ccccc2)no1. The number of aromatic nitrogens is 1. The van der Waals surface area contributed by atoms with Crippen molar-refractivity contribution in [2.45, 2.75) is 26.3 Å². The number of amides is 2. The van der Waals surface area contributed by atoms with Gasteiger partial charge in [0.05, 0.1) is 6.04 Å². The number of nitrogens with zero attached hydrogens (tertiary/aromatic N) is 3. The molecule has 0 saturated carbocycles. The van der Waals surface area contributed by atoms with Gasteiger partial charge in [-0.25, -0.2) is 0 Å². The van der Waals surface area contributed by atoms with Gasteiger partial charge >= 0.3 is 0 Å². The van der Waals surface area contributed by atoms with E-state index < -0.39 is 0 Å². The Labute approximate surface area is 141 Å². The lowest BCUT2D eigenvalue weighted by molar-refractivity contribution is -0.131. The molecule has 1 atom stereocenters. The number of piperazine rings is 1. The molecule has 1 aliphatic rings. The van der Waals surface area contributed by atoms with Gasteiger partial charge in [-0.1, -0.05) is 42.4 Å². The molecular formula is C18H21N3O3. The Bertz CT molecular complexity index is 726. The topological polar surface area (TPSA) is 66.7 Å². The maximum atomic E-state index is 12.9. The summed E-state index contributed by atoms with van der Waals surface area (Å²) in [5, 5.41) is 3.90. The van der Waals surface area contributed by atoms with Crippen LogP contribution in [0, 0.1) is 0 Å². The summed E-state index contributed by atoms with van der Waals surface area (Å²) in [6.45, 7) is 5.01. The van der Waals surface area contributed by atoms with Crippen LogP contribution in [-0.2, 0) is 11.2 Å². The summed E-state index contributed by atoms with van der Waals surface area (Å²) in [6.07, 6.45) is 0.695. The molecule has 1 aliphatic heterocycles. The Balaban J connectivity index is 1.89. The molecule has 0 N–H and O–H groups in total. The average Bonchev–Trinajstić information content (AvgIpc) is 3.10. The molecule has 2 amide bonds. The molecule has 24 heavy (non-hydrogen) atoms. The van der Waals surface area contributed by atoms with Crippen molar-refractivity contribution in [3.05, 3.63) is 53.4 Å². The zero-order chi connectivity index (χ0) is 17.1. The van der Waals surface area contributed by atoms with Crippen molar-refractivity contribution in [1.29, 1.82) is 0 Å². The molecule has 0 spiro atoms. The standard InChI is InChI=1S/C18H21N3O3/c1-3-15-11-16(19-24-15)18(23)21-10-9-20(13(2)22)12-17(21)14-7-5-4-6-8-14/h4-8,11,17H,3,9-10,12H2,1-2H3/t17-/m1/s1. The summed E-state index contributed by atoms with van der Waals surface area (Å²) in [6, 6.07) is 11.3. The molecule has 126 valence electrons. The molecule has 1 aromatic heterocycles. The molecule has 6 heteroatoms. The first-order chi connectivity index (χ1) is 11.6. The number of aryl methyl sites for hydroxylation is 1. The smallest absolute Gasteiger partial charge is 0.276 e. The van der Waals surface area contributed by atoms with Gasteiger partial charge in [0.25, 0.3) is 5.91 Å². The Morgan fingerprint density at radius 2 is 2.00 bits per heavy atom. The third-order valence-corrected chi connectivity index (χ3v) is 4.40. The minimum absolute atomic E-state index is 0.0257. The molecule has 0 bridgehead atoms. The molecule has 1 fully saturated rings. The lowest BCUT2D eigenvalue weighted by atomic mass is 10.0. The quantitative estimate of drug-likeness (QED) is 0.867. The van der Waals surface area contributed by atoms with E-state index in [9.17, 15) is 9.59 Å². The predicted octanol–water partition coefficient (Wildman–Crippen LogP) is 2.28. The van der Waals surface area contributed by atoms with Gasteiger partial charge in [-0.3, -0.25) is 9.59 Å². The zero-order valence-corrected chi connectivity index (χ0v) is 13.9. The second kappa shape index (κ2) is 6.86. The maximum absolute atomic E-state index is 12.9. The first-order valence-electron chi connectivity index (χ1n) is 8.17. The first-order valence-corrected chi connectivity index (χ1v) is 8.17. The largest absolute Gasteiger partial charge is 0.361 e. The molecule has 0 aliphatic carbocycles. The Morgan fingerprint density at radius 3 is 2.62 bits per heavy atom. The van der Waals surface area contributed by atoms with Crippen LogP contribution in [0.2, 0.25) is 0 Å². The highest BCUT2D eigenvalue weighted by Crippen LogP contribution is 2.27. The fourth-order valence-electron chi connectivity index (χ4n) is 3.00. The highest BCUT2D eigenvalue weighted by molar-refractivity contribution is 5.92. The molecular weight excluding hydrogens is 306 g/mol. The molecule has 3 rings (SSSR count). The third kappa shape index (κ3) is 3.18. The lowest BCUT2D eigenvalue weighted by Crippen LogP contribution is -2.51. The molecule has 1 saturated heterocycles. The lowest BCUT2D eigenvalue weighted by Gasteiger charge is -2.41. The summed E-state index contributed by atoms with van der Waals surface area (Å²) in [4.78, 5) is 28.2. The van der Waals surface area contributed by atoms with Gasteiger partial charge in [0, 0.05) is 39.0 Å². The van der Waals surface area contributed by atoms with Gasteiger partial charge in [0.1, 0.15) is 5.76 Å².